The number of aromatic amines is 1. The zero-order chi connectivity index (χ0) is 14.6. The highest BCUT2D eigenvalue weighted by Gasteiger charge is 2.27. The van der Waals surface area contributed by atoms with E-state index in [0.717, 1.165) is 6.20 Å². The number of carbonyl (C=O) groups is 2. The number of carbonyl (C=O) groups excluding carboxylic acids is 1. The fourth-order valence-electron chi connectivity index (χ4n) is 1.38. The summed E-state index contributed by atoms with van der Waals surface area (Å²) in [4.78, 5) is 21.4. The van der Waals surface area contributed by atoms with Gasteiger partial charge in [0.2, 0.25) is 15.9 Å². The summed E-state index contributed by atoms with van der Waals surface area (Å²) in [6.07, 6.45) is 0.620. The maximum atomic E-state index is 11.9. The molecule has 0 bridgehead atoms. The highest BCUT2D eigenvalue weighted by atomic mass is 32.2. The van der Waals surface area contributed by atoms with E-state index in [0.29, 0.717) is 0 Å². The number of hydrogen-bond donors (Lipinski definition) is 4. The summed E-state index contributed by atoms with van der Waals surface area (Å²) in [5, 5.41) is 14.9. The minimum Gasteiger partial charge on any atom is -0.480 e. The number of aliphatic carboxylic acids is 1. The van der Waals surface area contributed by atoms with E-state index in [1.54, 1.807) is 0 Å². The lowest BCUT2D eigenvalue weighted by molar-refractivity contribution is -0.139. The number of nitrogens with two attached hydrogens (primary N) is 1. The number of nitrogens with one attached hydrogen (secondary N) is 2. The fourth-order valence-corrected chi connectivity index (χ4v) is 2.74. The van der Waals surface area contributed by atoms with Crippen LogP contribution in [0.5, 0.6) is 0 Å². The van der Waals surface area contributed by atoms with E-state index in [1.807, 2.05) is 4.72 Å². The molecule has 0 spiro atoms. The number of carboxylic acids is 1. The number of amides is 1. The Morgan fingerprint density at radius 2 is 2.21 bits per heavy atom. The van der Waals surface area contributed by atoms with Gasteiger partial charge >= 0.3 is 5.97 Å². The van der Waals surface area contributed by atoms with Crippen LogP contribution in [0.4, 0.5) is 0 Å². The van der Waals surface area contributed by atoms with Gasteiger partial charge in [0, 0.05) is 6.42 Å². The number of rotatable bonds is 7. The van der Waals surface area contributed by atoms with Crippen LogP contribution in [0.2, 0.25) is 0 Å². The normalized spacial score (nSPS) is 13.1. The molecule has 1 atom stereocenters. The first-order valence-corrected chi connectivity index (χ1v) is 6.75. The second kappa shape index (κ2) is 5.80. The molecule has 1 aromatic rings. The maximum absolute atomic E-state index is 11.9. The number of aryl methyl sites for hydroxylation is 1. The van der Waals surface area contributed by atoms with Crippen molar-refractivity contribution in [1.29, 1.82) is 0 Å². The highest BCUT2D eigenvalue weighted by molar-refractivity contribution is 7.89. The molecule has 0 aromatic carbocycles. The highest BCUT2D eigenvalue weighted by Crippen LogP contribution is 2.12. The Labute approximate surface area is 109 Å². The zero-order valence-electron chi connectivity index (χ0n) is 10.1. The van der Waals surface area contributed by atoms with Crippen molar-refractivity contribution in [1.82, 2.24) is 14.9 Å². The summed E-state index contributed by atoms with van der Waals surface area (Å²) in [5.74, 6) is -2.09. The quantitative estimate of drug-likeness (QED) is 0.490. The van der Waals surface area contributed by atoms with Crippen molar-refractivity contribution in [3.8, 4) is 0 Å². The molecule has 1 amide bonds. The van der Waals surface area contributed by atoms with E-state index in [2.05, 4.69) is 10.2 Å². The Balaban J connectivity index is 2.87. The Hall–Kier alpha value is -1.94. The van der Waals surface area contributed by atoms with Crippen molar-refractivity contribution in [2.45, 2.75) is 30.7 Å². The minimum absolute atomic E-state index is 0.141. The summed E-state index contributed by atoms with van der Waals surface area (Å²) in [6, 6.07) is -1.42. The molecule has 1 heterocycles. The molecule has 1 rings (SSSR count). The van der Waals surface area contributed by atoms with E-state index in [1.165, 1.54) is 6.92 Å². The van der Waals surface area contributed by atoms with Gasteiger partial charge in [-0.1, -0.05) is 0 Å². The first-order valence-electron chi connectivity index (χ1n) is 5.27. The van der Waals surface area contributed by atoms with Crippen LogP contribution in [0, 0.1) is 6.92 Å². The molecule has 19 heavy (non-hydrogen) atoms. The van der Waals surface area contributed by atoms with Crippen LogP contribution in [0.1, 0.15) is 18.5 Å². The fraction of sp³-hybridized carbons (Fsp3) is 0.444. The zero-order valence-corrected chi connectivity index (χ0v) is 10.9. The number of H-pyrrole nitrogens is 1. The smallest absolute Gasteiger partial charge is 0.321 e. The minimum atomic E-state index is -4.02. The molecule has 0 radical (unpaired) electrons. The number of carboxylic acid groups (broad SMARTS) is 1. The van der Waals surface area contributed by atoms with E-state index in [4.69, 9.17) is 10.8 Å². The molecule has 0 fully saturated rings. The maximum Gasteiger partial charge on any atom is 0.321 e. The van der Waals surface area contributed by atoms with Gasteiger partial charge in [-0.3, -0.25) is 14.7 Å². The van der Waals surface area contributed by atoms with E-state index >= 15 is 0 Å². The van der Waals surface area contributed by atoms with Crippen LogP contribution >= 0.6 is 0 Å². The standard InChI is InChI=1S/C9H14N4O5S/c1-5-7(4-11-12-5)19(17,18)13-6(9(15)16)2-3-8(10)14/h4,6,13H,2-3H2,1H3,(H2,10,14)(H,11,12)(H,15,16). The molecular formula is C9H14N4O5S. The third-order valence-corrected chi connectivity index (χ3v) is 3.93. The molecule has 0 aliphatic carbocycles. The van der Waals surface area contributed by atoms with Crippen LogP contribution in [-0.2, 0) is 19.6 Å². The van der Waals surface area contributed by atoms with Crippen LogP contribution < -0.4 is 10.5 Å². The Morgan fingerprint density at radius 3 is 2.63 bits per heavy atom. The molecule has 10 heteroatoms. The molecule has 106 valence electrons. The van der Waals surface area contributed by atoms with Crippen LogP contribution in [0.3, 0.4) is 0 Å². The molecular weight excluding hydrogens is 276 g/mol. The molecule has 9 nitrogen and oxygen atoms in total. The summed E-state index contributed by atoms with van der Waals surface area (Å²) in [7, 11) is -4.02. The molecule has 0 aliphatic heterocycles. The SMILES string of the molecule is Cc1[nH]ncc1S(=O)(=O)NC(CCC(N)=O)C(=O)O. The first kappa shape index (κ1) is 15.1. The van der Waals surface area contributed by atoms with Crippen LogP contribution in [0.25, 0.3) is 0 Å². The molecule has 1 unspecified atom stereocenters. The number of aromatic nitrogens is 2. The molecule has 0 saturated heterocycles. The van der Waals surface area contributed by atoms with Crippen LogP contribution in [-0.4, -0.2) is 41.6 Å². The average Bonchev–Trinajstić information content (AvgIpc) is 2.70. The Morgan fingerprint density at radius 1 is 1.58 bits per heavy atom. The van der Waals surface area contributed by atoms with Gasteiger partial charge in [-0.05, 0) is 13.3 Å². The third-order valence-electron chi connectivity index (χ3n) is 2.35. The number of nitrogens with zero attached hydrogens (tertiary/aromatic N) is 1. The van der Waals surface area contributed by atoms with E-state index < -0.39 is 27.9 Å². The molecule has 5 N–H and O–H groups in total. The van der Waals surface area contributed by atoms with Gasteiger partial charge in [-0.15, -0.1) is 0 Å². The van der Waals surface area contributed by atoms with Crippen molar-refractivity contribution in [3.63, 3.8) is 0 Å². The average molecular weight is 290 g/mol. The van der Waals surface area contributed by atoms with Gasteiger partial charge in [0.05, 0.1) is 11.9 Å². The lowest BCUT2D eigenvalue weighted by atomic mass is 10.2. The molecule has 1 aromatic heterocycles. The number of primary amides is 1. The monoisotopic (exact) mass is 290 g/mol. The van der Waals surface area contributed by atoms with Crippen molar-refractivity contribution in [2.24, 2.45) is 5.73 Å². The Kier molecular flexibility index (Phi) is 4.62. The summed E-state index contributed by atoms with van der Waals surface area (Å²) in [6.45, 7) is 1.49. The predicted molar refractivity (Wildman–Crippen MR) is 63.5 cm³/mol. The second-order valence-electron chi connectivity index (χ2n) is 3.88. The summed E-state index contributed by atoms with van der Waals surface area (Å²) >= 11 is 0. The van der Waals surface area contributed by atoms with Gasteiger partial charge in [0.1, 0.15) is 10.9 Å². The van der Waals surface area contributed by atoms with Crippen LogP contribution in [0.15, 0.2) is 11.1 Å². The van der Waals surface area contributed by atoms with Crippen molar-refractivity contribution in [3.05, 3.63) is 11.9 Å². The third kappa shape index (κ3) is 4.03. The predicted octanol–water partition coefficient (Wildman–Crippen LogP) is -1.28. The largest absolute Gasteiger partial charge is 0.480 e. The topological polar surface area (TPSA) is 155 Å². The second-order valence-corrected chi connectivity index (χ2v) is 5.56. The van der Waals surface area contributed by atoms with Gasteiger partial charge in [0.25, 0.3) is 0 Å². The number of sulfonamides is 1. The van der Waals surface area contributed by atoms with Crippen molar-refractivity contribution < 1.29 is 23.1 Å². The van der Waals surface area contributed by atoms with Gasteiger partial charge in [-0.2, -0.15) is 9.82 Å². The lowest BCUT2D eigenvalue weighted by Crippen LogP contribution is -2.41. The summed E-state index contributed by atoms with van der Waals surface area (Å²) in [5.41, 5.74) is 5.18. The Bertz CT molecular complexity index is 579. The number of hydrogen-bond acceptors (Lipinski definition) is 5. The van der Waals surface area contributed by atoms with E-state index in [-0.39, 0.29) is 23.4 Å². The van der Waals surface area contributed by atoms with Crippen molar-refractivity contribution in [2.75, 3.05) is 0 Å². The first-order chi connectivity index (χ1) is 8.74. The van der Waals surface area contributed by atoms with Gasteiger partial charge < -0.3 is 10.8 Å². The summed E-state index contributed by atoms with van der Waals surface area (Å²) < 4.78 is 25.8. The van der Waals surface area contributed by atoms with E-state index in [9.17, 15) is 18.0 Å². The van der Waals surface area contributed by atoms with Crippen molar-refractivity contribution >= 4 is 21.9 Å². The van der Waals surface area contributed by atoms with Gasteiger partial charge in [0.15, 0.2) is 0 Å². The lowest BCUT2D eigenvalue weighted by Gasteiger charge is -2.13. The molecule has 0 saturated carbocycles. The van der Waals surface area contributed by atoms with Gasteiger partial charge in [-0.25, -0.2) is 8.42 Å². The molecule has 0 aliphatic rings.